The van der Waals surface area contributed by atoms with Crippen LogP contribution in [0, 0.1) is 0 Å². The van der Waals surface area contributed by atoms with E-state index in [0.29, 0.717) is 25.7 Å². The predicted octanol–water partition coefficient (Wildman–Crippen LogP) is 3.65. The van der Waals surface area contributed by atoms with Crippen molar-refractivity contribution in [3.05, 3.63) is 58.7 Å². The van der Waals surface area contributed by atoms with Gasteiger partial charge in [-0.15, -0.1) is 0 Å². The number of nitrogens with one attached hydrogen (secondary N) is 1. The van der Waals surface area contributed by atoms with Crippen LogP contribution in [0.3, 0.4) is 0 Å². The summed E-state index contributed by atoms with van der Waals surface area (Å²) in [6.45, 7) is 5.21. The molecule has 206 valence electrons. The lowest BCUT2D eigenvalue weighted by Gasteiger charge is -2.38. The summed E-state index contributed by atoms with van der Waals surface area (Å²) in [7, 11) is 1.67. The molecule has 0 aromatic heterocycles. The largest absolute Gasteiger partial charge is 0.508 e. The molecule has 4 rings (SSSR count). The van der Waals surface area contributed by atoms with E-state index in [2.05, 4.69) is 11.4 Å². The average Bonchev–Trinajstić information content (AvgIpc) is 2.83. The molecule has 2 unspecified atom stereocenters. The molecular formula is C29H44N2O6. The maximum Gasteiger partial charge on any atom is 0.408 e. The molecule has 2 atom stereocenters. The van der Waals surface area contributed by atoms with Gasteiger partial charge >= 0.3 is 6.09 Å². The minimum atomic E-state index is -0.784. The van der Waals surface area contributed by atoms with Crippen molar-refractivity contribution in [3.63, 3.8) is 0 Å². The summed E-state index contributed by atoms with van der Waals surface area (Å²) in [5.41, 5.74) is 8.55. The van der Waals surface area contributed by atoms with Crippen LogP contribution in [0.25, 0.3) is 0 Å². The van der Waals surface area contributed by atoms with E-state index in [1.807, 2.05) is 18.2 Å². The van der Waals surface area contributed by atoms with Crippen molar-refractivity contribution in [2.75, 3.05) is 20.3 Å². The number of carbonyl (C=O) groups excluding carboxylic acids is 1. The van der Waals surface area contributed by atoms with Gasteiger partial charge < -0.3 is 35.8 Å². The summed E-state index contributed by atoms with van der Waals surface area (Å²) in [6.07, 6.45) is 3.61. The molecule has 1 amide bonds. The quantitative estimate of drug-likeness (QED) is 0.419. The Hall–Kier alpha value is -2.81. The molecule has 37 heavy (non-hydrogen) atoms. The highest BCUT2D eigenvalue weighted by Gasteiger charge is 2.37. The molecule has 8 heteroatoms. The number of hydrogen-bond acceptors (Lipinski definition) is 7. The molecule has 0 radical (unpaired) electrons. The monoisotopic (exact) mass is 516 g/mol. The van der Waals surface area contributed by atoms with Crippen molar-refractivity contribution >= 4 is 6.09 Å². The number of fused-ring (bicyclic) bond motifs is 2. The second-order valence-electron chi connectivity index (χ2n) is 11.0. The number of phenolic OH excluding ortho intramolecular Hbond substituents is 1. The number of methoxy groups -OCH3 is 1. The van der Waals surface area contributed by atoms with Gasteiger partial charge in [-0.3, -0.25) is 0 Å². The summed E-state index contributed by atoms with van der Waals surface area (Å²) >= 11 is 0. The summed E-state index contributed by atoms with van der Waals surface area (Å²) in [6, 6.07) is 11.4. The lowest BCUT2D eigenvalue weighted by atomic mass is 9.78. The lowest BCUT2D eigenvalue weighted by Crippen LogP contribution is -2.55. The molecule has 2 aliphatic rings. The van der Waals surface area contributed by atoms with Crippen molar-refractivity contribution < 1.29 is 29.6 Å². The van der Waals surface area contributed by atoms with Crippen molar-refractivity contribution in [2.45, 2.75) is 83.4 Å². The summed E-state index contributed by atoms with van der Waals surface area (Å²) in [4.78, 5) is 12.0. The van der Waals surface area contributed by atoms with Gasteiger partial charge in [0.1, 0.15) is 17.1 Å². The number of hydrogen-bond donors (Lipinski definition) is 5. The second kappa shape index (κ2) is 12.2. The van der Waals surface area contributed by atoms with E-state index in [4.69, 9.17) is 15.2 Å². The number of amides is 1. The van der Waals surface area contributed by atoms with Crippen LogP contribution < -0.4 is 15.8 Å². The minimum absolute atomic E-state index is 0. The third-order valence-electron chi connectivity index (χ3n) is 6.89. The molecule has 0 fully saturated rings. The van der Waals surface area contributed by atoms with E-state index < -0.39 is 22.8 Å². The van der Waals surface area contributed by atoms with Crippen LogP contribution in [0.4, 0.5) is 4.79 Å². The Bertz CT molecular complexity index is 1050. The zero-order valence-electron chi connectivity index (χ0n) is 21.8. The Morgan fingerprint density at radius 3 is 2.22 bits per heavy atom. The van der Waals surface area contributed by atoms with E-state index in [-0.39, 0.29) is 26.4 Å². The number of ether oxygens (including phenoxy) is 2. The summed E-state index contributed by atoms with van der Waals surface area (Å²) in [5.74, 6) is 1.09. The zero-order chi connectivity index (χ0) is 26.6. The number of nitrogens with two attached hydrogens (primary N) is 1. The molecule has 0 saturated carbocycles. The molecule has 2 aromatic carbocycles. The normalized spacial score (nSPS) is 22.2. The lowest BCUT2D eigenvalue weighted by molar-refractivity contribution is 0.0377. The molecule has 0 spiro atoms. The maximum absolute atomic E-state index is 12.0. The first-order chi connectivity index (χ1) is 16.9. The predicted molar refractivity (Wildman–Crippen MR) is 145 cm³/mol. The third-order valence-corrected chi connectivity index (χ3v) is 6.89. The third kappa shape index (κ3) is 7.60. The van der Waals surface area contributed by atoms with Crippen LogP contribution in [0.2, 0.25) is 0 Å². The summed E-state index contributed by atoms with van der Waals surface area (Å²) < 4.78 is 10.6. The fourth-order valence-electron chi connectivity index (χ4n) is 4.86. The van der Waals surface area contributed by atoms with Gasteiger partial charge in [0.05, 0.1) is 25.9 Å². The SMILES string of the molecule is C.CC(C)(C)OC(=O)NC1(CO)CCc2cccc(O)c2C1.COc1cccc2c1CC(N)(CO)CC2. The van der Waals surface area contributed by atoms with E-state index in [1.165, 1.54) is 5.56 Å². The van der Waals surface area contributed by atoms with Crippen LogP contribution in [-0.4, -0.2) is 58.4 Å². The first-order valence-corrected chi connectivity index (χ1v) is 12.4. The Labute approximate surface area is 220 Å². The van der Waals surface area contributed by atoms with Gasteiger partial charge in [0.15, 0.2) is 0 Å². The molecule has 0 saturated heterocycles. The van der Waals surface area contributed by atoms with Crippen LogP contribution in [-0.2, 0) is 30.4 Å². The fraction of sp³-hybridized carbons (Fsp3) is 0.552. The van der Waals surface area contributed by atoms with Gasteiger partial charge in [-0.1, -0.05) is 31.7 Å². The van der Waals surface area contributed by atoms with Gasteiger partial charge in [-0.2, -0.15) is 0 Å². The van der Waals surface area contributed by atoms with Crippen LogP contribution in [0.1, 0.15) is 63.3 Å². The number of benzene rings is 2. The first-order valence-electron chi connectivity index (χ1n) is 12.4. The van der Waals surface area contributed by atoms with Crippen molar-refractivity contribution in [2.24, 2.45) is 5.73 Å². The molecule has 2 aliphatic carbocycles. The summed E-state index contributed by atoms with van der Waals surface area (Å²) in [5, 5.41) is 31.8. The molecule has 2 aromatic rings. The Morgan fingerprint density at radius 2 is 1.62 bits per heavy atom. The standard InChI is InChI=1S/C16H23NO4.C12H17NO2.CH4/c1-15(2,3)21-14(20)17-16(10-18)8-7-11-5-4-6-13(19)12(11)9-16;1-15-11-4-2-3-9-5-6-12(13,8-14)7-10(9)11;/h4-6,18-19H,7-10H2,1-3H3,(H,17,20);2-4,14H,5-8,13H2,1H3;1H4. The van der Waals surface area contributed by atoms with E-state index in [1.54, 1.807) is 40.0 Å². The van der Waals surface area contributed by atoms with Crippen molar-refractivity contribution in [1.29, 1.82) is 0 Å². The highest BCUT2D eigenvalue weighted by molar-refractivity contribution is 5.69. The number of rotatable bonds is 4. The van der Waals surface area contributed by atoms with Crippen LogP contribution >= 0.6 is 0 Å². The van der Waals surface area contributed by atoms with E-state index >= 15 is 0 Å². The van der Waals surface area contributed by atoms with Crippen LogP contribution in [0.5, 0.6) is 11.5 Å². The maximum atomic E-state index is 12.0. The Morgan fingerprint density at radius 1 is 1.00 bits per heavy atom. The number of alkyl carbamates (subject to hydrolysis) is 1. The van der Waals surface area contributed by atoms with Gasteiger partial charge in [0.2, 0.25) is 0 Å². The average molecular weight is 517 g/mol. The smallest absolute Gasteiger partial charge is 0.408 e. The van der Waals surface area contributed by atoms with Crippen molar-refractivity contribution in [1.82, 2.24) is 5.32 Å². The molecular weight excluding hydrogens is 472 g/mol. The molecule has 6 N–H and O–H groups in total. The van der Waals surface area contributed by atoms with Crippen molar-refractivity contribution in [3.8, 4) is 11.5 Å². The highest BCUT2D eigenvalue weighted by atomic mass is 16.6. The number of aromatic hydroxyl groups is 1. The molecule has 0 bridgehead atoms. The van der Waals surface area contributed by atoms with Gasteiger partial charge in [-0.05, 0) is 87.3 Å². The number of aryl methyl sites for hydroxylation is 2. The topological polar surface area (TPSA) is 134 Å². The first kappa shape index (κ1) is 30.4. The number of aliphatic hydroxyl groups is 2. The van der Waals surface area contributed by atoms with Gasteiger partial charge in [-0.25, -0.2) is 4.79 Å². The number of carbonyl (C=O) groups is 1. The van der Waals surface area contributed by atoms with Gasteiger partial charge in [0.25, 0.3) is 0 Å². The number of phenols is 1. The number of aliphatic hydroxyl groups excluding tert-OH is 2. The van der Waals surface area contributed by atoms with Crippen LogP contribution in [0.15, 0.2) is 36.4 Å². The molecule has 8 nitrogen and oxygen atoms in total. The Kier molecular flexibility index (Phi) is 9.99. The van der Waals surface area contributed by atoms with E-state index in [9.17, 15) is 20.1 Å². The zero-order valence-corrected chi connectivity index (χ0v) is 21.8. The fourth-order valence-corrected chi connectivity index (χ4v) is 4.86. The van der Waals surface area contributed by atoms with Gasteiger partial charge in [0, 0.05) is 12.0 Å². The molecule has 0 aliphatic heterocycles. The molecule has 0 heterocycles. The highest BCUT2D eigenvalue weighted by Crippen LogP contribution is 2.34. The second-order valence-corrected chi connectivity index (χ2v) is 11.0. The Balaban J connectivity index is 0.000000266. The van der Waals surface area contributed by atoms with E-state index in [0.717, 1.165) is 35.3 Å². The minimum Gasteiger partial charge on any atom is -0.508 e.